The van der Waals surface area contributed by atoms with Gasteiger partial charge < -0.3 is 15.7 Å². The Morgan fingerprint density at radius 3 is 2.88 bits per heavy atom. The van der Waals surface area contributed by atoms with Gasteiger partial charge in [-0.25, -0.2) is 0 Å². The number of hydrogen-bond donors (Lipinski definition) is 2. The highest BCUT2D eigenvalue weighted by Crippen LogP contribution is 2.31. The summed E-state index contributed by atoms with van der Waals surface area (Å²) in [7, 11) is 0. The highest BCUT2D eigenvalue weighted by atomic mass is 16.3. The Kier molecular flexibility index (Phi) is 5.15. The third kappa shape index (κ3) is 4.05. The SMILES string of the molecule is C[C@@]1(O)CCN(C(=O)c2cn(CCN)nn2)C[C@@H]1Cc1ccccc1. The normalized spacial score (nSPS) is 23.6. The van der Waals surface area contributed by atoms with E-state index in [4.69, 9.17) is 5.73 Å². The number of rotatable bonds is 5. The van der Waals surface area contributed by atoms with Gasteiger partial charge in [0.15, 0.2) is 5.69 Å². The van der Waals surface area contributed by atoms with E-state index in [0.717, 1.165) is 12.0 Å². The molecule has 2 heterocycles. The molecule has 1 fully saturated rings. The van der Waals surface area contributed by atoms with Crippen molar-refractivity contribution >= 4 is 5.91 Å². The van der Waals surface area contributed by atoms with Gasteiger partial charge in [-0.15, -0.1) is 5.10 Å². The summed E-state index contributed by atoms with van der Waals surface area (Å²) in [6.45, 7) is 3.86. The van der Waals surface area contributed by atoms with Gasteiger partial charge in [-0.2, -0.15) is 0 Å². The maximum Gasteiger partial charge on any atom is 0.276 e. The zero-order chi connectivity index (χ0) is 17.9. The van der Waals surface area contributed by atoms with Crippen molar-refractivity contribution < 1.29 is 9.90 Å². The number of hydrogen-bond acceptors (Lipinski definition) is 5. The van der Waals surface area contributed by atoms with E-state index in [1.807, 2.05) is 25.1 Å². The van der Waals surface area contributed by atoms with Crippen molar-refractivity contribution in [1.82, 2.24) is 19.9 Å². The van der Waals surface area contributed by atoms with E-state index >= 15 is 0 Å². The van der Waals surface area contributed by atoms with Crippen LogP contribution < -0.4 is 5.73 Å². The van der Waals surface area contributed by atoms with Crippen molar-refractivity contribution in [3.63, 3.8) is 0 Å². The third-order valence-corrected chi connectivity index (χ3v) is 4.94. The smallest absolute Gasteiger partial charge is 0.276 e. The van der Waals surface area contributed by atoms with Crippen molar-refractivity contribution in [2.75, 3.05) is 19.6 Å². The quantitative estimate of drug-likeness (QED) is 0.833. The van der Waals surface area contributed by atoms with Crippen LogP contribution in [0.2, 0.25) is 0 Å². The zero-order valence-electron chi connectivity index (χ0n) is 14.5. The monoisotopic (exact) mass is 343 g/mol. The molecule has 0 spiro atoms. The van der Waals surface area contributed by atoms with Gasteiger partial charge in [0.05, 0.1) is 18.3 Å². The summed E-state index contributed by atoms with van der Waals surface area (Å²) in [5.41, 5.74) is 6.20. The largest absolute Gasteiger partial charge is 0.390 e. The maximum atomic E-state index is 12.7. The lowest BCUT2D eigenvalue weighted by atomic mass is 9.79. The first kappa shape index (κ1) is 17.6. The first-order valence-corrected chi connectivity index (χ1v) is 8.65. The fourth-order valence-electron chi connectivity index (χ4n) is 3.29. The minimum atomic E-state index is -0.788. The highest BCUT2D eigenvalue weighted by molar-refractivity contribution is 5.92. The van der Waals surface area contributed by atoms with Crippen LogP contribution in [0.1, 0.15) is 29.4 Å². The molecule has 2 aromatic rings. The Morgan fingerprint density at radius 2 is 2.16 bits per heavy atom. The molecule has 0 bridgehead atoms. The first-order chi connectivity index (χ1) is 12.0. The predicted molar refractivity (Wildman–Crippen MR) is 93.9 cm³/mol. The van der Waals surface area contributed by atoms with Gasteiger partial charge in [0.25, 0.3) is 5.91 Å². The van der Waals surface area contributed by atoms with Crippen molar-refractivity contribution in [3.05, 3.63) is 47.8 Å². The zero-order valence-corrected chi connectivity index (χ0v) is 14.5. The lowest BCUT2D eigenvalue weighted by Crippen LogP contribution is -2.52. The lowest BCUT2D eigenvalue weighted by molar-refractivity contribution is -0.0508. The molecular formula is C18H25N5O2. The summed E-state index contributed by atoms with van der Waals surface area (Å²) in [6.07, 6.45) is 2.92. The van der Waals surface area contributed by atoms with Crippen LogP contribution in [0.25, 0.3) is 0 Å². The molecule has 7 heteroatoms. The van der Waals surface area contributed by atoms with Crippen LogP contribution in [-0.4, -0.2) is 56.1 Å². The fourth-order valence-corrected chi connectivity index (χ4v) is 3.29. The summed E-state index contributed by atoms with van der Waals surface area (Å²) in [5.74, 6) is -0.163. The number of carbonyl (C=O) groups is 1. The van der Waals surface area contributed by atoms with E-state index in [9.17, 15) is 9.90 Å². The van der Waals surface area contributed by atoms with Gasteiger partial charge in [0.2, 0.25) is 0 Å². The topological polar surface area (TPSA) is 97.3 Å². The standard InChI is InChI=1S/C18H25N5O2/c1-18(25)7-9-22(12-15(18)11-14-5-3-2-4-6-14)17(24)16-13-23(10-8-19)21-20-16/h2-6,13,15,25H,7-12,19H2,1H3/t15-,18+/m0/s1. The van der Waals surface area contributed by atoms with Crippen molar-refractivity contribution in [2.24, 2.45) is 11.7 Å². The average Bonchev–Trinajstić information content (AvgIpc) is 3.06. The number of likely N-dealkylation sites (tertiary alicyclic amines) is 1. The van der Waals surface area contributed by atoms with Gasteiger partial charge in [0, 0.05) is 25.6 Å². The number of piperidine rings is 1. The average molecular weight is 343 g/mol. The highest BCUT2D eigenvalue weighted by Gasteiger charge is 2.39. The van der Waals surface area contributed by atoms with Gasteiger partial charge in [-0.3, -0.25) is 9.48 Å². The molecule has 3 N–H and O–H groups in total. The van der Waals surface area contributed by atoms with E-state index in [1.54, 1.807) is 15.8 Å². The second-order valence-electron chi connectivity index (χ2n) is 6.90. The van der Waals surface area contributed by atoms with E-state index in [1.165, 1.54) is 0 Å². The van der Waals surface area contributed by atoms with Crippen LogP contribution in [0.3, 0.4) is 0 Å². The summed E-state index contributed by atoms with van der Waals surface area (Å²) in [4.78, 5) is 14.5. The minimum absolute atomic E-state index is 0.0216. The minimum Gasteiger partial charge on any atom is -0.390 e. The summed E-state index contributed by atoms with van der Waals surface area (Å²) in [6, 6.07) is 10.1. The van der Waals surface area contributed by atoms with Crippen LogP contribution in [0, 0.1) is 5.92 Å². The van der Waals surface area contributed by atoms with E-state index in [0.29, 0.717) is 38.3 Å². The van der Waals surface area contributed by atoms with E-state index < -0.39 is 5.60 Å². The van der Waals surface area contributed by atoms with E-state index in [2.05, 4.69) is 22.4 Å². The van der Waals surface area contributed by atoms with Crippen molar-refractivity contribution in [2.45, 2.75) is 31.9 Å². The van der Waals surface area contributed by atoms with E-state index in [-0.39, 0.29) is 11.8 Å². The van der Waals surface area contributed by atoms with Crippen molar-refractivity contribution in [1.29, 1.82) is 0 Å². The number of aromatic nitrogens is 3. The number of nitrogens with zero attached hydrogens (tertiary/aromatic N) is 4. The maximum absolute atomic E-state index is 12.7. The lowest BCUT2D eigenvalue weighted by Gasteiger charge is -2.42. The molecule has 7 nitrogen and oxygen atoms in total. The molecule has 25 heavy (non-hydrogen) atoms. The number of nitrogens with two attached hydrogens (primary N) is 1. The molecule has 1 aliphatic heterocycles. The molecule has 134 valence electrons. The molecule has 0 saturated carbocycles. The second-order valence-corrected chi connectivity index (χ2v) is 6.90. The molecule has 3 rings (SSSR count). The van der Waals surface area contributed by atoms with Crippen LogP contribution >= 0.6 is 0 Å². The predicted octanol–water partition coefficient (Wildman–Crippen LogP) is 0.693. The number of carbonyl (C=O) groups excluding carboxylic acids is 1. The van der Waals surface area contributed by atoms with Gasteiger partial charge in [-0.1, -0.05) is 35.5 Å². The molecule has 0 radical (unpaired) electrons. The third-order valence-electron chi connectivity index (χ3n) is 4.94. The fraction of sp³-hybridized carbons (Fsp3) is 0.500. The Morgan fingerprint density at radius 1 is 1.40 bits per heavy atom. The van der Waals surface area contributed by atoms with Crippen LogP contribution in [0.5, 0.6) is 0 Å². The van der Waals surface area contributed by atoms with Crippen molar-refractivity contribution in [3.8, 4) is 0 Å². The molecular weight excluding hydrogens is 318 g/mol. The van der Waals surface area contributed by atoms with Gasteiger partial charge in [0.1, 0.15) is 0 Å². The van der Waals surface area contributed by atoms with Gasteiger partial charge >= 0.3 is 0 Å². The summed E-state index contributed by atoms with van der Waals surface area (Å²) in [5, 5.41) is 18.6. The summed E-state index contributed by atoms with van der Waals surface area (Å²) >= 11 is 0. The number of amides is 1. The van der Waals surface area contributed by atoms with Gasteiger partial charge in [-0.05, 0) is 25.3 Å². The molecule has 1 aromatic carbocycles. The molecule has 1 amide bonds. The molecule has 0 unspecified atom stereocenters. The molecule has 1 aliphatic rings. The summed E-state index contributed by atoms with van der Waals surface area (Å²) < 4.78 is 1.58. The second kappa shape index (κ2) is 7.33. The Balaban J connectivity index is 1.71. The Bertz CT molecular complexity index is 713. The molecule has 1 aromatic heterocycles. The van der Waals surface area contributed by atoms with Crippen LogP contribution in [0.15, 0.2) is 36.5 Å². The molecule has 2 atom stereocenters. The first-order valence-electron chi connectivity index (χ1n) is 8.65. The number of aliphatic hydroxyl groups is 1. The van der Waals surface area contributed by atoms with Crippen LogP contribution in [-0.2, 0) is 13.0 Å². The molecule has 0 aliphatic carbocycles. The Labute approximate surface area is 147 Å². The number of benzene rings is 1. The Hall–Kier alpha value is -2.25. The van der Waals surface area contributed by atoms with Crippen LogP contribution in [0.4, 0.5) is 0 Å². The molecule has 1 saturated heterocycles.